The predicted molar refractivity (Wildman–Crippen MR) is 82.5 cm³/mol. The Morgan fingerprint density at radius 2 is 2.38 bits per heavy atom. The standard InChI is InChI=1S/C16H21N3O2/c20-14-6-5-13(12-4-2-8-18-15(12)14)16(21)19-10-11-3-1-7-17-9-11/h5-6,8,11,17,20H,1-4,7,9-10H2,(H,19,21). The minimum absolute atomic E-state index is 0.0612. The first kappa shape index (κ1) is 14.1. The Labute approximate surface area is 124 Å². The van der Waals surface area contributed by atoms with Gasteiger partial charge in [-0.15, -0.1) is 0 Å². The number of hydrogen-bond acceptors (Lipinski definition) is 4. The lowest BCUT2D eigenvalue weighted by atomic mass is 9.96. The first-order chi connectivity index (χ1) is 10.3. The van der Waals surface area contributed by atoms with Crippen LogP contribution in [-0.4, -0.2) is 36.9 Å². The molecular weight excluding hydrogens is 266 g/mol. The van der Waals surface area contributed by atoms with Crippen LogP contribution in [-0.2, 0) is 6.42 Å². The van der Waals surface area contributed by atoms with E-state index in [1.165, 1.54) is 6.42 Å². The second-order valence-electron chi connectivity index (χ2n) is 5.73. The van der Waals surface area contributed by atoms with E-state index in [1.54, 1.807) is 18.3 Å². The number of piperidine rings is 1. The topological polar surface area (TPSA) is 73.7 Å². The van der Waals surface area contributed by atoms with Crippen LogP contribution in [0.1, 0.15) is 35.2 Å². The average molecular weight is 287 g/mol. The van der Waals surface area contributed by atoms with Crippen molar-refractivity contribution in [2.75, 3.05) is 19.6 Å². The molecule has 0 saturated carbocycles. The number of phenols is 1. The van der Waals surface area contributed by atoms with Crippen molar-refractivity contribution >= 4 is 17.8 Å². The van der Waals surface area contributed by atoms with Crippen molar-refractivity contribution in [3.8, 4) is 5.75 Å². The molecule has 1 atom stereocenters. The van der Waals surface area contributed by atoms with Gasteiger partial charge in [0.1, 0.15) is 11.4 Å². The molecule has 0 spiro atoms. The van der Waals surface area contributed by atoms with Crippen molar-refractivity contribution < 1.29 is 9.90 Å². The van der Waals surface area contributed by atoms with E-state index in [0.717, 1.165) is 37.9 Å². The maximum absolute atomic E-state index is 12.4. The number of aromatic hydroxyl groups is 1. The lowest BCUT2D eigenvalue weighted by Crippen LogP contribution is -2.38. The monoisotopic (exact) mass is 287 g/mol. The molecule has 5 nitrogen and oxygen atoms in total. The van der Waals surface area contributed by atoms with Gasteiger partial charge in [-0.1, -0.05) is 0 Å². The molecule has 2 aliphatic rings. The van der Waals surface area contributed by atoms with E-state index in [0.29, 0.717) is 23.7 Å². The number of nitrogens with one attached hydrogen (secondary N) is 2. The van der Waals surface area contributed by atoms with Crippen LogP contribution in [0.15, 0.2) is 17.1 Å². The highest BCUT2D eigenvalue weighted by Gasteiger charge is 2.20. The summed E-state index contributed by atoms with van der Waals surface area (Å²) in [6.07, 6.45) is 5.68. The Kier molecular flexibility index (Phi) is 4.20. The first-order valence-electron chi connectivity index (χ1n) is 7.62. The van der Waals surface area contributed by atoms with Gasteiger partial charge in [-0.05, 0) is 62.4 Å². The molecule has 2 heterocycles. The molecule has 112 valence electrons. The number of nitrogens with zero attached hydrogens (tertiary/aromatic N) is 1. The van der Waals surface area contributed by atoms with Crippen molar-refractivity contribution in [1.29, 1.82) is 0 Å². The average Bonchev–Trinajstić information content (AvgIpc) is 2.54. The summed E-state index contributed by atoms with van der Waals surface area (Å²) >= 11 is 0. The Morgan fingerprint density at radius 3 is 3.19 bits per heavy atom. The van der Waals surface area contributed by atoms with E-state index in [9.17, 15) is 9.90 Å². The third kappa shape index (κ3) is 3.08. The van der Waals surface area contributed by atoms with Crippen LogP contribution >= 0.6 is 0 Å². The summed E-state index contributed by atoms with van der Waals surface area (Å²) < 4.78 is 0. The van der Waals surface area contributed by atoms with E-state index >= 15 is 0 Å². The van der Waals surface area contributed by atoms with E-state index in [4.69, 9.17) is 0 Å². The Balaban J connectivity index is 1.71. The summed E-state index contributed by atoms with van der Waals surface area (Å²) in [6.45, 7) is 2.75. The van der Waals surface area contributed by atoms with Gasteiger partial charge in [0, 0.05) is 18.3 Å². The van der Waals surface area contributed by atoms with Crippen molar-refractivity contribution in [2.45, 2.75) is 25.7 Å². The van der Waals surface area contributed by atoms with Gasteiger partial charge in [0.05, 0.1) is 0 Å². The van der Waals surface area contributed by atoms with Crippen LogP contribution in [0.4, 0.5) is 5.69 Å². The third-order valence-corrected chi connectivity index (χ3v) is 4.20. The molecule has 3 N–H and O–H groups in total. The van der Waals surface area contributed by atoms with Crippen molar-refractivity contribution in [1.82, 2.24) is 10.6 Å². The predicted octanol–water partition coefficient (Wildman–Crippen LogP) is 1.77. The largest absolute Gasteiger partial charge is 0.506 e. The second-order valence-corrected chi connectivity index (χ2v) is 5.73. The number of hydrogen-bond donors (Lipinski definition) is 3. The fourth-order valence-electron chi connectivity index (χ4n) is 3.03. The number of rotatable bonds is 3. The Hall–Kier alpha value is -1.88. The molecule has 1 aromatic carbocycles. The molecule has 3 rings (SSSR count). The molecule has 1 amide bonds. The van der Waals surface area contributed by atoms with Gasteiger partial charge in [0.25, 0.3) is 5.91 Å². The number of aliphatic imine (C=N–C) groups is 1. The molecule has 1 fully saturated rings. The number of amides is 1. The third-order valence-electron chi connectivity index (χ3n) is 4.20. The fraction of sp³-hybridized carbons (Fsp3) is 0.500. The minimum atomic E-state index is -0.0612. The fourth-order valence-corrected chi connectivity index (χ4v) is 3.03. The smallest absolute Gasteiger partial charge is 0.251 e. The Morgan fingerprint density at radius 1 is 1.48 bits per heavy atom. The lowest BCUT2D eigenvalue weighted by molar-refractivity contribution is 0.0944. The molecule has 0 aromatic heterocycles. The summed E-state index contributed by atoms with van der Waals surface area (Å²) in [5.41, 5.74) is 2.05. The van der Waals surface area contributed by atoms with E-state index in [2.05, 4.69) is 15.6 Å². The van der Waals surface area contributed by atoms with Crippen molar-refractivity contribution in [3.05, 3.63) is 23.3 Å². The molecule has 0 radical (unpaired) electrons. The van der Waals surface area contributed by atoms with E-state index in [1.807, 2.05) is 0 Å². The summed E-state index contributed by atoms with van der Waals surface area (Å²) in [7, 11) is 0. The summed E-state index contributed by atoms with van der Waals surface area (Å²) in [5, 5.41) is 16.2. The van der Waals surface area contributed by atoms with Crippen LogP contribution in [0.5, 0.6) is 5.75 Å². The lowest BCUT2D eigenvalue weighted by Gasteiger charge is -2.23. The van der Waals surface area contributed by atoms with Crippen LogP contribution < -0.4 is 10.6 Å². The maximum atomic E-state index is 12.4. The summed E-state index contributed by atoms with van der Waals surface area (Å²) in [5.74, 6) is 0.594. The Bertz CT molecular complexity index is 563. The highest BCUT2D eigenvalue weighted by molar-refractivity contribution is 5.98. The molecule has 0 bridgehead atoms. The van der Waals surface area contributed by atoms with Gasteiger partial charge in [0.15, 0.2) is 0 Å². The quantitative estimate of drug-likeness (QED) is 0.793. The van der Waals surface area contributed by atoms with Gasteiger partial charge in [-0.3, -0.25) is 9.79 Å². The van der Waals surface area contributed by atoms with Crippen LogP contribution in [0.2, 0.25) is 0 Å². The van der Waals surface area contributed by atoms with Gasteiger partial charge in [-0.2, -0.15) is 0 Å². The van der Waals surface area contributed by atoms with E-state index in [-0.39, 0.29) is 11.7 Å². The molecule has 21 heavy (non-hydrogen) atoms. The van der Waals surface area contributed by atoms with E-state index < -0.39 is 0 Å². The maximum Gasteiger partial charge on any atom is 0.251 e. The second kappa shape index (κ2) is 6.26. The molecular formula is C16H21N3O2. The normalized spacial score (nSPS) is 20.9. The van der Waals surface area contributed by atoms with Gasteiger partial charge in [0.2, 0.25) is 0 Å². The van der Waals surface area contributed by atoms with Crippen LogP contribution in [0.25, 0.3) is 0 Å². The SMILES string of the molecule is O=C(NCC1CCCNC1)c1ccc(O)c2c1CCC=N2. The molecule has 0 aliphatic carbocycles. The van der Waals surface area contributed by atoms with Gasteiger partial charge in [-0.25, -0.2) is 0 Å². The summed E-state index contributed by atoms with van der Waals surface area (Å²) in [6, 6.07) is 3.25. The number of fused-ring (bicyclic) bond motifs is 1. The minimum Gasteiger partial charge on any atom is -0.506 e. The van der Waals surface area contributed by atoms with Crippen LogP contribution in [0.3, 0.4) is 0 Å². The highest BCUT2D eigenvalue weighted by Crippen LogP contribution is 2.35. The summed E-state index contributed by atoms with van der Waals surface area (Å²) in [4.78, 5) is 16.6. The highest BCUT2D eigenvalue weighted by atomic mass is 16.3. The van der Waals surface area contributed by atoms with Crippen LogP contribution in [0, 0.1) is 5.92 Å². The molecule has 5 heteroatoms. The molecule has 2 aliphatic heterocycles. The first-order valence-corrected chi connectivity index (χ1v) is 7.62. The number of carbonyl (C=O) groups is 1. The molecule has 1 saturated heterocycles. The molecule has 1 unspecified atom stereocenters. The number of carbonyl (C=O) groups excluding carboxylic acids is 1. The number of benzene rings is 1. The zero-order valence-corrected chi connectivity index (χ0v) is 12.1. The number of phenolic OH excluding ortho intramolecular Hbond substituents is 1. The molecule has 1 aromatic rings. The van der Waals surface area contributed by atoms with Crippen molar-refractivity contribution in [2.24, 2.45) is 10.9 Å². The van der Waals surface area contributed by atoms with Crippen molar-refractivity contribution in [3.63, 3.8) is 0 Å². The van der Waals surface area contributed by atoms with Gasteiger partial charge < -0.3 is 15.7 Å². The van der Waals surface area contributed by atoms with Gasteiger partial charge >= 0.3 is 0 Å². The zero-order chi connectivity index (χ0) is 14.7. The zero-order valence-electron chi connectivity index (χ0n) is 12.1.